The summed E-state index contributed by atoms with van der Waals surface area (Å²) in [5.41, 5.74) is 5.98. The molecule has 68 valence electrons. The van der Waals surface area contributed by atoms with E-state index in [4.69, 9.17) is 11.1 Å². The van der Waals surface area contributed by atoms with Crippen LogP contribution in [0.1, 0.15) is 12.5 Å². The summed E-state index contributed by atoms with van der Waals surface area (Å²) >= 11 is 0. The van der Waals surface area contributed by atoms with E-state index >= 15 is 0 Å². The van der Waals surface area contributed by atoms with Crippen molar-refractivity contribution in [2.45, 2.75) is 13.0 Å². The van der Waals surface area contributed by atoms with Gasteiger partial charge < -0.3 is 5.73 Å². The largest absolute Gasteiger partial charge is 0.321 e. The van der Waals surface area contributed by atoms with Gasteiger partial charge in [0.2, 0.25) is 0 Å². The van der Waals surface area contributed by atoms with E-state index in [1.54, 1.807) is 31.2 Å². The Morgan fingerprint density at radius 2 is 1.92 bits per heavy atom. The fourth-order valence-corrected chi connectivity index (χ4v) is 0.975. The lowest BCUT2D eigenvalue weighted by Crippen LogP contribution is -2.33. The van der Waals surface area contributed by atoms with E-state index in [-0.39, 0.29) is 11.5 Å². The summed E-state index contributed by atoms with van der Waals surface area (Å²) in [6, 6.07) is 8.27. The van der Waals surface area contributed by atoms with Crippen molar-refractivity contribution in [3.8, 4) is 0 Å². The van der Waals surface area contributed by atoms with Crippen LogP contribution < -0.4 is 5.73 Å². The summed E-state index contributed by atoms with van der Waals surface area (Å²) in [4.78, 5) is 11.3. The van der Waals surface area contributed by atoms with Gasteiger partial charge in [0.15, 0.2) is 5.78 Å². The Hall–Kier alpha value is -1.48. The van der Waals surface area contributed by atoms with Gasteiger partial charge in [-0.05, 0) is 6.92 Å². The summed E-state index contributed by atoms with van der Waals surface area (Å²) in [5.74, 6) is -0.328. The third-order valence-corrected chi connectivity index (χ3v) is 1.72. The molecule has 3 nitrogen and oxygen atoms in total. The van der Waals surface area contributed by atoms with Crippen molar-refractivity contribution < 1.29 is 4.79 Å². The molecular weight excluding hydrogens is 164 g/mol. The first-order valence-corrected chi connectivity index (χ1v) is 4.06. The molecule has 0 saturated carbocycles. The van der Waals surface area contributed by atoms with Crippen LogP contribution in [0.3, 0.4) is 0 Å². The number of rotatable bonds is 3. The van der Waals surface area contributed by atoms with Crippen molar-refractivity contribution in [1.82, 2.24) is 0 Å². The van der Waals surface area contributed by atoms with Crippen molar-refractivity contribution in [1.29, 1.82) is 5.41 Å². The molecule has 3 N–H and O–H groups in total. The maximum Gasteiger partial charge on any atom is 0.197 e. The average Bonchev–Trinajstić information content (AvgIpc) is 2.17. The monoisotopic (exact) mass is 176 g/mol. The van der Waals surface area contributed by atoms with Crippen LogP contribution in [0.5, 0.6) is 0 Å². The van der Waals surface area contributed by atoms with E-state index in [1.807, 2.05) is 6.07 Å². The van der Waals surface area contributed by atoms with E-state index in [0.717, 1.165) is 0 Å². The molecule has 0 aliphatic carbocycles. The molecule has 0 aromatic heterocycles. The lowest BCUT2D eigenvalue weighted by Gasteiger charge is -2.05. The van der Waals surface area contributed by atoms with Crippen LogP contribution >= 0.6 is 0 Å². The Balaban J connectivity index is 2.87. The number of ketones is 1. The third kappa shape index (κ3) is 2.23. The number of nitrogens with one attached hydrogen (secondary N) is 1. The minimum Gasteiger partial charge on any atom is -0.321 e. The number of Topliss-reactive ketones (excluding diaryl/α,β-unsaturated/α-hetero) is 1. The molecule has 1 aromatic rings. The fraction of sp³-hybridized carbons (Fsp3) is 0.200. The van der Waals surface area contributed by atoms with Crippen molar-refractivity contribution in [3.05, 3.63) is 35.9 Å². The van der Waals surface area contributed by atoms with E-state index in [9.17, 15) is 4.79 Å². The highest BCUT2D eigenvalue weighted by atomic mass is 16.1. The zero-order valence-corrected chi connectivity index (χ0v) is 7.45. The Morgan fingerprint density at radius 1 is 1.38 bits per heavy atom. The van der Waals surface area contributed by atoms with E-state index in [0.29, 0.717) is 5.56 Å². The summed E-state index contributed by atoms with van der Waals surface area (Å²) < 4.78 is 0. The number of hydrogen-bond donors (Lipinski definition) is 2. The van der Waals surface area contributed by atoms with Gasteiger partial charge in [0.1, 0.15) is 5.71 Å². The summed E-state index contributed by atoms with van der Waals surface area (Å²) in [5, 5.41) is 7.54. The maximum absolute atomic E-state index is 11.3. The number of carbonyl (C=O) groups is 1. The van der Waals surface area contributed by atoms with Gasteiger partial charge in [-0.2, -0.15) is 0 Å². The minimum atomic E-state index is -0.604. The zero-order valence-electron chi connectivity index (χ0n) is 7.45. The fourth-order valence-electron chi connectivity index (χ4n) is 0.975. The lowest BCUT2D eigenvalue weighted by molar-refractivity contribution is -0.113. The van der Waals surface area contributed by atoms with Gasteiger partial charge >= 0.3 is 0 Å². The second-order valence-corrected chi connectivity index (χ2v) is 2.89. The second kappa shape index (κ2) is 3.96. The molecule has 0 bridgehead atoms. The van der Waals surface area contributed by atoms with Gasteiger partial charge in [-0.3, -0.25) is 10.2 Å². The Morgan fingerprint density at radius 3 is 2.38 bits per heavy atom. The van der Waals surface area contributed by atoms with Crippen LogP contribution in [0.2, 0.25) is 0 Å². The zero-order chi connectivity index (χ0) is 9.84. The van der Waals surface area contributed by atoms with Gasteiger partial charge in [0, 0.05) is 5.56 Å². The molecule has 1 unspecified atom stereocenters. The molecule has 1 atom stereocenters. The first kappa shape index (κ1) is 9.61. The van der Waals surface area contributed by atoms with Crippen LogP contribution in [0, 0.1) is 5.41 Å². The van der Waals surface area contributed by atoms with E-state index in [1.165, 1.54) is 0 Å². The van der Waals surface area contributed by atoms with Crippen molar-refractivity contribution in [3.63, 3.8) is 0 Å². The predicted molar refractivity (Wildman–Crippen MR) is 51.9 cm³/mol. The van der Waals surface area contributed by atoms with Crippen LogP contribution in [-0.4, -0.2) is 17.5 Å². The molecule has 0 aliphatic rings. The number of benzene rings is 1. The minimum absolute atomic E-state index is 0.0180. The van der Waals surface area contributed by atoms with Gasteiger partial charge in [0.25, 0.3) is 0 Å². The van der Waals surface area contributed by atoms with Gasteiger partial charge in [-0.25, -0.2) is 0 Å². The topological polar surface area (TPSA) is 66.9 Å². The molecule has 1 aromatic carbocycles. The third-order valence-electron chi connectivity index (χ3n) is 1.72. The molecule has 1 rings (SSSR count). The maximum atomic E-state index is 11.3. The molecule has 0 aliphatic heterocycles. The van der Waals surface area contributed by atoms with Crippen LogP contribution in [0.25, 0.3) is 0 Å². The highest BCUT2D eigenvalue weighted by molar-refractivity contribution is 6.46. The predicted octanol–water partition coefficient (Wildman–Crippen LogP) is 0.971. The number of carbonyl (C=O) groups excluding carboxylic acids is 1. The number of nitrogens with two attached hydrogens (primary N) is 1. The van der Waals surface area contributed by atoms with Gasteiger partial charge in [0.05, 0.1) is 6.04 Å². The van der Waals surface area contributed by atoms with Crippen molar-refractivity contribution in [2.75, 3.05) is 0 Å². The lowest BCUT2D eigenvalue weighted by atomic mass is 10.0. The van der Waals surface area contributed by atoms with Crippen LogP contribution in [0.4, 0.5) is 0 Å². The van der Waals surface area contributed by atoms with Crippen molar-refractivity contribution in [2.24, 2.45) is 5.73 Å². The second-order valence-electron chi connectivity index (χ2n) is 2.89. The normalized spacial score (nSPS) is 12.2. The molecule has 0 radical (unpaired) electrons. The molecule has 0 saturated heterocycles. The molecule has 0 fully saturated rings. The Bertz CT molecular complexity index is 317. The first-order valence-electron chi connectivity index (χ1n) is 4.06. The molecule has 0 heterocycles. The standard InChI is InChI=1S/C10H12N2O/c1-7(11)10(13)9(12)8-5-3-2-4-6-8/h2-7,12H,11H2,1H3. The Kier molecular flexibility index (Phi) is 2.93. The van der Waals surface area contributed by atoms with E-state index < -0.39 is 6.04 Å². The summed E-state index contributed by atoms with van der Waals surface area (Å²) in [6.07, 6.45) is 0. The number of hydrogen-bond acceptors (Lipinski definition) is 3. The molecular formula is C10H12N2O. The van der Waals surface area contributed by atoms with Crippen molar-refractivity contribution >= 4 is 11.5 Å². The molecule has 3 heteroatoms. The van der Waals surface area contributed by atoms with Crippen LogP contribution in [-0.2, 0) is 4.79 Å². The first-order chi connectivity index (χ1) is 6.13. The van der Waals surface area contributed by atoms with Gasteiger partial charge in [-0.1, -0.05) is 30.3 Å². The van der Waals surface area contributed by atoms with E-state index in [2.05, 4.69) is 0 Å². The van der Waals surface area contributed by atoms with Crippen LogP contribution in [0.15, 0.2) is 30.3 Å². The Labute approximate surface area is 77.1 Å². The highest BCUT2D eigenvalue weighted by Crippen LogP contribution is 2.01. The smallest absolute Gasteiger partial charge is 0.197 e. The van der Waals surface area contributed by atoms with Gasteiger partial charge in [-0.15, -0.1) is 0 Å². The molecule has 0 amide bonds. The summed E-state index contributed by atoms with van der Waals surface area (Å²) in [7, 11) is 0. The molecule has 13 heavy (non-hydrogen) atoms. The summed E-state index contributed by atoms with van der Waals surface area (Å²) in [6.45, 7) is 1.58. The highest BCUT2D eigenvalue weighted by Gasteiger charge is 2.14. The quantitative estimate of drug-likeness (QED) is 0.674. The average molecular weight is 176 g/mol. The molecule has 0 spiro atoms. The SMILES string of the molecule is CC(N)C(=O)C(=N)c1ccccc1.